The van der Waals surface area contributed by atoms with E-state index in [4.69, 9.17) is 0 Å². The zero-order valence-corrected chi connectivity index (χ0v) is 14.1. The van der Waals surface area contributed by atoms with Gasteiger partial charge in [0.15, 0.2) is 0 Å². The monoisotopic (exact) mass is 350 g/mol. The molecule has 0 bridgehead atoms. The second-order valence-electron chi connectivity index (χ2n) is 5.16. The number of sulfonamides is 1. The van der Waals surface area contributed by atoms with E-state index in [0.29, 0.717) is 13.0 Å². The number of halogens is 1. The number of nitrogens with one attached hydrogen (secondary N) is 2. The molecule has 0 atom stereocenters. The van der Waals surface area contributed by atoms with Crippen LogP contribution in [0.25, 0.3) is 0 Å². The molecule has 0 spiro atoms. The van der Waals surface area contributed by atoms with Crippen LogP contribution in [0, 0.1) is 5.82 Å². The van der Waals surface area contributed by atoms with E-state index in [1.165, 1.54) is 30.3 Å². The molecule has 5 nitrogen and oxygen atoms in total. The molecule has 0 radical (unpaired) electrons. The molecule has 2 N–H and O–H groups in total. The van der Waals surface area contributed by atoms with Crippen molar-refractivity contribution >= 4 is 15.9 Å². The molecule has 0 unspecified atom stereocenters. The molecule has 0 heterocycles. The summed E-state index contributed by atoms with van der Waals surface area (Å²) in [5.41, 5.74) is 1.17. The van der Waals surface area contributed by atoms with Gasteiger partial charge in [0.25, 0.3) is 5.91 Å². The summed E-state index contributed by atoms with van der Waals surface area (Å²) in [4.78, 5) is 12.2. The molecule has 0 aliphatic rings. The van der Waals surface area contributed by atoms with E-state index in [2.05, 4.69) is 10.0 Å². The summed E-state index contributed by atoms with van der Waals surface area (Å²) < 4.78 is 39.1. The summed E-state index contributed by atoms with van der Waals surface area (Å²) in [6.07, 6.45) is 0.557. The van der Waals surface area contributed by atoms with Gasteiger partial charge < -0.3 is 5.32 Å². The number of amides is 1. The molecule has 7 heteroatoms. The summed E-state index contributed by atoms with van der Waals surface area (Å²) in [6, 6.07) is 11.9. The zero-order chi connectivity index (χ0) is 17.6. The molecule has 0 aliphatic carbocycles. The quantitative estimate of drug-likeness (QED) is 0.803. The maximum absolute atomic E-state index is 12.8. The van der Waals surface area contributed by atoms with Crippen LogP contribution < -0.4 is 10.0 Å². The van der Waals surface area contributed by atoms with Gasteiger partial charge in [0.2, 0.25) is 10.0 Å². The highest BCUT2D eigenvalue weighted by Crippen LogP contribution is 2.11. The lowest BCUT2D eigenvalue weighted by Crippen LogP contribution is -2.27. The van der Waals surface area contributed by atoms with Crippen molar-refractivity contribution in [3.8, 4) is 0 Å². The van der Waals surface area contributed by atoms with Gasteiger partial charge in [-0.15, -0.1) is 0 Å². The average molecular weight is 350 g/mol. The zero-order valence-electron chi connectivity index (χ0n) is 13.3. The van der Waals surface area contributed by atoms with E-state index < -0.39 is 10.0 Å². The van der Waals surface area contributed by atoms with E-state index in [-0.39, 0.29) is 28.7 Å². The molecule has 0 aromatic heterocycles. The van der Waals surface area contributed by atoms with Crippen molar-refractivity contribution in [1.29, 1.82) is 0 Å². The molecular formula is C17H19FN2O3S. The number of carbonyl (C=O) groups is 1. The molecule has 0 saturated carbocycles. The van der Waals surface area contributed by atoms with Crippen LogP contribution in [0.15, 0.2) is 53.4 Å². The third-order valence-electron chi connectivity index (χ3n) is 3.35. The van der Waals surface area contributed by atoms with Gasteiger partial charge >= 0.3 is 0 Å². The van der Waals surface area contributed by atoms with E-state index in [1.54, 1.807) is 25.1 Å². The van der Waals surface area contributed by atoms with Crippen LogP contribution >= 0.6 is 0 Å². The Morgan fingerprint density at radius 3 is 2.50 bits per heavy atom. The minimum atomic E-state index is -3.60. The van der Waals surface area contributed by atoms with Crippen LogP contribution in [-0.4, -0.2) is 27.4 Å². The second-order valence-corrected chi connectivity index (χ2v) is 6.93. The molecule has 2 aromatic carbocycles. The third kappa shape index (κ3) is 4.87. The van der Waals surface area contributed by atoms with E-state index in [9.17, 15) is 17.6 Å². The normalized spacial score (nSPS) is 11.2. The van der Waals surface area contributed by atoms with E-state index in [0.717, 1.165) is 5.56 Å². The molecule has 24 heavy (non-hydrogen) atoms. The smallest absolute Gasteiger partial charge is 0.251 e. The van der Waals surface area contributed by atoms with Gasteiger partial charge in [-0.2, -0.15) is 0 Å². The van der Waals surface area contributed by atoms with Gasteiger partial charge in [-0.25, -0.2) is 17.5 Å². The average Bonchev–Trinajstić information content (AvgIpc) is 2.56. The van der Waals surface area contributed by atoms with Crippen LogP contribution in [0.4, 0.5) is 4.39 Å². The van der Waals surface area contributed by atoms with E-state index >= 15 is 0 Å². The number of benzene rings is 2. The first kappa shape index (κ1) is 18.1. The molecular weight excluding hydrogens is 331 g/mol. The van der Waals surface area contributed by atoms with Crippen molar-refractivity contribution in [3.05, 3.63) is 65.5 Å². The predicted octanol–water partition coefficient (Wildman–Crippen LogP) is 2.10. The van der Waals surface area contributed by atoms with Gasteiger partial charge in [-0.05, 0) is 42.3 Å². The van der Waals surface area contributed by atoms with Gasteiger partial charge in [0.1, 0.15) is 5.82 Å². The minimum Gasteiger partial charge on any atom is -0.352 e. The van der Waals surface area contributed by atoms with Crippen LogP contribution in [0.2, 0.25) is 0 Å². The van der Waals surface area contributed by atoms with Crippen LogP contribution in [0.5, 0.6) is 0 Å². The number of carbonyl (C=O) groups excluding carboxylic acids is 1. The maximum Gasteiger partial charge on any atom is 0.251 e. The molecule has 1 amide bonds. The first-order valence-corrected chi connectivity index (χ1v) is 9.03. The Hall–Kier alpha value is -2.25. The highest BCUT2D eigenvalue weighted by Gasteiger charge is 2.15. The van der Waals surface area contributed by atoms with Crippen LogP contribution in [-0.2, 0) is 16.4 Å². The second kappa shape index (κ2) is 8.03. The summed E-state index contributed by atoms with van der Waals surface area (Å²) in [7, 11) is -3.60. The van der Waals surface area contributed by atoms with Gasteiger partial charge in [0, 0.05) is 18.7 Å². The van der Waals surface area contributed by atoms with Crippen LogP contribution in [0.1, 0.15) is 22.8 Å². The van der Waals surface area contributed by atoms with Gasteiger partial charge in [0.05, 0.1) is 4.90 Å². The Morgan fingerprint density at radius 1 is 1.12 bits per heavy atom. The Balaban J connectivity index is 1.98. The van der Waals surface area contributed by atoms with E-state index in [1.807, 2.05) is 0 Å². The summed E-state index contributed by atoms with van der Waals surface area (Å²) in [5.74, 6) is -0.660. The van der Waals surface area contributed by atoms with Crippen molar-refractivity contribution in [3.63, 3.8) is 0 Å². The molecule has 0 aliphatic heterocycles. The van der Waals surface area contributed by atoms with Crippen molar-refractivity contribution in [1.82, 2.24) is 10.0 Å². The van der Waals surface area contributed by atoms with Crippen molar-refractivity contribution < 1.29 is 17.6 Å². The predicted molar refractivity (Wildman–Crippen MR) is 89.7 cm³/mol. The Morgan fingerprint density at radius 2 is 1.83 bits per heavy atom. The standard InChI is InChI=1S/C17H19FN2O3S/c1-2-20-24(22,23)16-5-3-4-14(12-16)17(21)19-11-10-13-6-8-15(18)9-7-13/h3-9,12,20H,2,10-11H2,1H3,(H,19,21). The van der Waals surface area contributed by atoms with Crippen molar-refractivity contribution in [2.75, 3.05) is 13.1 Å². The highest BCUT2D eigenvalue weighted by molar-refractivity contribution is 7.89. The minimum absolute atomic E-state index is 0.0514. The van der Waals surface area contributed by atoms with Crippen molar-refractivity contribution in [2.45, 2.75) is 18.2 Å². The Bertz CT molecular complexity index is 805. The topological polar surface area (TPSA) is 75.3 Å². The fraction of sp³-hybridized carbons (Fsp3) is 0.235. The number of rotatable bonds is 7. The molecule has 2 aromatic rings. The van der Waals surface area contributed by atoms with Gasteiger partial charge in [-0.1, -0.05) is 25.1 Å². The molecule has 2 rings (SSSR count). The molecule has 0 saturated heterocycles. The first-order valence-electron chi connectivity index (χ1n) is 7.55. The number of hydrogen-bond donors (Lipinski definition) is 2. The Kier molecular flexibility index (Phi) is 6.05. The molecule has 128 valence electrons. The third-order valence-corrected chi connectivity index (χ3v) is 4.90. The Labute approximate surface area is 141 Å². The van der Waals surface area contributed by atoms with Crippen LogP contribution in [0.3, 0.4) is 0 Å². The SMILES string of the molecule is CCNS(=O)(=O)c1cccc(C(=O)NCCc2ccc(F)cc2)c1. The lowest BCUT2D eigenvalue weighted by atomic mass is 10.1. The maximum atomic E-state index is 12.8. The lowest BCUT2D eigenvalue weighted by Gasteiger charge is -2.08. The molecule has 0 fully saturated rings. The number of hydrogen-bond acceptors (Lipinski definition) is 3. The fourth-order valence-electron chi connectivity index (χ4n) is 2.15. The first-order chi connectivity index (χ1) is 11.4. The summed E-state index contributed by atoms with van der Waals surface area (Å²) in [6.45, 7) is 2.33. The fourth-order valence-corrected chi connectivity index (χ4v) is 3.24. The van der Waals surface area contributed by atoms with Gasteiger partial charge in [-0.3, -0.25) is 4.79 Å². The lowest BCUT2D eigenvalue weighted by molar-refractivity contribution is 0.0954. The largest absolute Gasteiger partial charge is 0.352 e. The highest BCUT2D eigenvalue weighted by atomic mass is 32.2. The summed E-state index contributed by atoms with van der Waals surface area (Å²) in [5, 5.41) is 2.72. The van der Waals surface area contributed by atoms with Crippen molar-refractivity contribution in [2.24, 2.45) is 0 Å². The summed E-state index contributed by atoms with van der Waals surface area (Å²) >= 11 is 0.